The summed E-state index contributed by atoms with van der Waals surface area (Å²) in [6.45, 7) is 4.76. The van der Waals surface area contributed by atoms with Crippen LogP contribution < -0.4 is 10.1 Å². The van der Waals surface area contributed by atoms with Crippen LogP contribution in [-0.4, -0.2) is 68.7 Å². The van der Waals surface area contributed by atoms with E-state index in [9.17, 15) is 13.2 Å². The molecule has 1 fully saturated rings. The maximum Gasteiger partial charge on any atom is 0.322 e. The Kier molecular flexibility index (Phi) is 6.77. The highest BCUT2D eigenvalue weighted by atomic mass is 32.2. The predicted molar refractivity (Wildman–Crippen MR) is 94.6 cm³/mol. The summed E-state index contributed by atoms with van der Waals surface area (Å²) in [4.78, 5) is 18.1. The van der Waals surface area contributed by atoms with Crippen LogP contribution in [0, 0.1) is 0 Å². The summed E-state index contributed by atoms with van der Waals surface area (Å²) in [7, 11) is -1.49. The van der Waals surface area contributed by atoms with E-state index in [0.29, 0.717) is 31.2 Å². The maximum atomic E-state index is 12.5. The van der Waals surface area contributed by atoms with E-state index in [4.69, 9.17) is 9.47 Å². The average Bonchev–Trinajstić information content (AvgIpc) is 2.94. The zero-order valence-corrected chi connectivity index (χ0v) is 15.0. The molecule has 1 N–H and O–H groups in total. The molecule has 0 radical (unpaired) electrons. The van der Waals surface area contributed by atoms with Crippen LogP contribution in [-0.2, 0) is 14.6 Å². The Morgan fingerprint density at radius 3 is 2.84 bits per heavy atom. The number of pyridine rings is 1. The molecule has 2 heterocycles. The molecule has 0 saturated carbocycles. The molecule has 0 spiro atoms. The fraction of sp³-hybridized carbons (Fsp3) is 0.500. The van der Waals surface area contributed by atoms with Crippen LogP contribution in [0.1, 0.15) is 6.42 Å². The number of aromatic nitrogens is 1. The number of nitrogens with one attached hydrogen (secondary N) is 1. The second-order valence-electron chi connectivity index (χ2n) is 5.65. The highest BCUT2D eigenvalue weighted by Gasteiger charge is 2.34. The predicted octanol–water partition coefficient (Wildman–Crippen LogP) is 1.31. The lowest BCUT2D eigenvalue weighted by Crippen LogP contribution is -2.43. The molecule has 1 aromatic rings. The molecule has 2 amide bonds. The Morgan fingerprint density at radius 2 is 2.28 bits per heavy atom. The van der Waals surface area contributed by atoms with Gasteiger partial charge < -0.3 is 19.7 Å². The Labute approximate surface area is 147 Å². The van der Waals surface area contributed by atoms with Gasteiger partial charge in [-0.25, -0.2) is 18.2 Å². The molecule has 8 nitrogen and oxygen atoms in total. The standard InChI is InChI=1S/C16H23N3O5S/c1-3-7-19(14-6-10-25(21,22)12-14)16(20)18-13-4-5-15(17-11-13)24-9-8-23-2/h3-5,11,14H,1,6-10,12H2,2H3,(H,18,20)/t14-/m0/s1. The minimum atomic E-state index is -3.08. The van der Waals surface area contributed by atoms with Crippen LogP contribution in [0.15, 0.2) is 31.0 Å². The summed E-state index contributed by atoms with van der Waals surface area (Å²) in [6, 6.07) is 2.60. The lowest BCUT2D eigenvalue weighted by molar-refractivity contribution is 0.144. The zero-order chi connectivity index (χ0) is 18.3. The Bertz CT molecular complexity index is 690. The Morgan fingerprint density at radius 1 is 1.48 bits per heavy atom. The number of anilines is 1. The first-order valence-electron chi connectivity index (χ1n) is 7.92. The van der Waals surface area contributed by atoms with E-state index in [1.54, 1.807) is 25.3 Å². The molecule has 0 aromatic carbocycles. The van der Waals surface area contributed by atoms with Gasteiger partial charge in [-0.05, 0) is 12.5 Å². The van der Waals surface area contributed by atoms with Crippen molar-refractivity contribution < 1.29 is 22.7 Å². The Balaban J connectivity index is 1.97. The maximum absolute atomic E-state index is 12.5. The summed E-state index contributed by atoms with van der Waals surface area (Å²) in [6.07, 6.45) is 3.50. The lowest BCUT2D eigenvalue weighted by Gasteiger charge is -2.27. The van der Waals surface area contributed by atoms with E-state index in [2.05, 4.69) is 16.9 Å². The molecule has 2 rings (SSSR count). The van der Waals surface area contributed by atoms with Gasteiger partial charge in [-0.1, -0.05) is 6.08 Å². The minimum absolute atomic E-state index is 0.0151. The van der Waals surface area contributed by atoms with E-state index in [1.807, 2.05) is 0 Å². The van der Waals surface area contributed by atoms with Crippen molar-refractivity contribution in [3.05, 3.63) is 31.0 Å². The number of urea groups is 1. The van der Waals surface area contributed by atoms with Gasteiger partial charge in [-0.3, -0.25) is 0 Å². The molecule has 1 atom stereocenters. The summed E-state index contributed by atoms with van der Waals surface area (Å²) >= 11 is 0. The number of carbonyl (C=O) groups is 1. The summed E-state index contributed by atoms with van der Waals surface area (Å²) in [5.41, 5.74) is 0.499. The Hall–Kier alpha value is -2.13. The fourth-order valence-corrected chi connectivity index (χ4v) is 4.25. The largest absolute Gasteiger partial charge is 0.475 e. The summed E-state index contributed by atoms with van der Waals surface area (Å²) in [5.74, 6) is 0.520. The van der Waals surface area contributed by atoms with Gasteiger partial charge in [0.2, 0.25) is 5.88 Å². The van der Waals surface area contributed by atoms with Crippen LogP contribution in [0.25, 0.3) is 0 Å². The van der Waals surface area contributed by atoms with E-state index >= 15 is 0 Å². The van der Waals surface area contributed by atoms with Crippen molar-refractivity contribution in [2.24, 2.45) is 0 Å². The van der Waals surface area contributed by atoms with Crippen LogP contribution in [0.5, 0.6) is 5.88 Å². The van der Waals surface area contributed by atoms with Gasteiger partial charge in [0, 0.05) is 25.8 Å². The molecule has 25 heavy (non-hydrogen) atoms. The number of carbonyl (C=O) groups excluding carboxylic acids is 1. The minimum Gasteiger partial charge on any atom is -0.475 e. The van der Waals surface area contributed by atoms with Crippen LogP contribution in [0.2, 0.25) is 0 Å². The summed E-state index contributed by atoms with van der Waals surface area (Å²) < 4.78 is 33.6. The molecule has 0 unspecified atom stereocenters. The van der Waals surface area contributed by atoms with E-state index in [1.165, 1.54) is 11.1 Å². The van der Waals surface area contributed by atoms with Crippen molar-refractivity contribution in [1.29, 1.82) is 0 Å². The highest BCUT2D eigenvalue weighted by Crippen LogP contribution is 2.19. The number of amides is 2. The molecule has 0 aliphatic carbocycles. The second kappa shape index (κ2) is 8.82. The molecule has 1 aliphatic rings. The lowest BCUT2D eigenvalue weighted by atomic mass is 10.2. The molecule has 1 aliphatic heterocycles. The molecular formula is C16H23N3O5S. The van der Waals surface area contributed by atoms with Crippen molar-refractivity contribution in [1.82, 2.24) is 9.88 Å². The van der Waals surface area contributed by atoms with Crippen molar-refractivity contribution >= 4 is 21.6 Å². The second-order valence-corrected chi connectivity index (χ2v) is 7.88. The first-order chi connectivity index (χ1) is 11.9. The number of rotatable bonds is 8. The number of hydrogen-bond acceptors (Lipinski definition) is 6. The van der Waals surface area contributed by atoms with E-state index in [0.717, 1.165) is 0 Å². The SMILES string of the molecule is C=CCN(C(=O)Nc1ccc(OCCOC)nc1)[C@H]1CCS(=O)(=O)C1. The third-order valence-corrected chi connectivity index (χ3v) is 5.51. The van der Waals surface area contributed by atoms with Gasteiger partial charge in [0.25, 0.3) is 0 Å². The first-order valence-corrected chi connectivity index (χ1v) is 9.74. The van der Waals surface area contributed by atoms with E-state index < -0.39 is 9.84 Å². The van der Waals surface area contributed by atoms with Gasteiger partial charge in [-0.15, -0.1) is 6.58 Å². The van der Waals surface area contributed by atoms with Crippen molar-refractivity contribution in [3.63, 3.8) is 0 Å². The smallest absolute Gasteiger partial charge is 0.322 e. The van der Waals surface area contributed by atoms with Gasteiger partial charge in [0.15, 0.2) is 9.84 Å². The normalized spacial score (nSPS) is 18.5. The number of ether oxygens (including phenoxy) is 2. The number of methoxy groups -OCH3 is 1. The fourth-order valence-electron chi connectivity index (χ4n) is 2.52. The monoisotopic (exact) mass is 369 g/mol. The number of nitrogens with zero attached hydrogens (tertiary/aromatic N) is 2. The average molecular weight is 369 g/mol. The van der Waals surface area contributed by atoms with Gasteiger partial charge in [0.1, 0.15) is 6.61 Å². The molecule has 1 aromatic heterocycles. The van der Waals surface area contributed by atoms with Crippen molar-refractivity contribution in [3.8, 4) is 5.88 Å². The van der Waals surface area contributed by atoms with Crippen LogP contribution in [0.3, 0.4) is 0 Å². The molecular weight excluding hydrogens is 346 g/mol. The topological polar surface area (TPSA) is 97.8 Å². The van der Waals surface area contributed by atoms with Gasteiger partial charge in [-0.2, -0.15) is 0 Å². The third-order valence-electron chi connectivity index (χ3n) is 3.76. The van der Waals surface area contributed by atoms with Gasteiger partial charge >= 0.3 is 6.03 Å². The third kappa shape index (κ3) is 5.71. The first kappa shape index (κ1) is 19.2. The highest BCUT2D eigenvalue weighted by molar-refractivity contribution is 7.91. The summed E-state index contributed by atoms with van der Waals surface area (Å²) in [5, 5.41) is 2.73. The molecule has 9 heteroatoms. The molecule has 0 bridgehead atoms. The zero-order valence-electron chi connectivity index (χ0n) is 14.2. The number of hydrogen-bond donors (Lipinski definition) is 1. The van der Waals surface area contributed by atoms with Crippen LogP contribution in [0.4, 0.5) is 10.5 Å². The number of sulfone groups is 1. The van der Waals surface area contributed by atoms with Gasteiger partial charge in [0.05, 0.1) is 30.0 Å². The molecule has 1 saturated heterocycles. The quantitative estimate of drug-likeness (QED) is 0.548. The molecule has 138 valence electrons. The van der Waals surface area contributed by atoms with Crippen molar-refractivity contribution in [2.45, 2.75) is 12.5 Å². The van der Waals surface area contributed by atoms with E-state index in [-0.39, 0.29) is 30.1 Å². The van der Waals surface area contributed by atoms with Crippen LogP contribution >= 0.6 is 0 Å². The van der Waals surface area contributed by atoms with Crippen molar-refractivity contribution in [2.75, 3.05) is 43.7 Å².